The van der Waals surface area contributed by atoms with E-state index in [9.17, 15) is 9.59 Å². The van der Waals surface area contributed by atoms with E-state index in [2.05, 4.69) is 0 Å². The second-order valence-corrected chi connectivity index (χ2v) is 3.68. The van der Waals surface area contributed by atoms with E-state index in [4.69, 9.17) is 10.2 Å². The van der Waals surface area contributed by atoms with E-state index < -0.39 is 17.9 Å². The Hall–Kier alpha value is -2.10. The normalized spacial score (nSPS) is 12.5. The van der Waals surface area contributed by atoms with Crippen molar-refractivity contribution in [1.29, 1.82) is 0 Å². The molecule has 0 saturated heterocycles. The Balaban J connectivity index is 2.55. The molecule has 0 bridgehead atoms. The van der Waals surface area contributed by atoms with Crippen molar-refractivity contribution in [2.45, 2.75) is 12.8 Å². The molecule has 0 radical (unpaired) electrons. The summed E-state index contributed by atoms with van der Waals surface area (Å²) in [7, 11) is 0. The van der Waals surface area contributed by atoms with Crippen LogP contribution in [0, 0.1) is 5.92 Å². The summed E-state index contributed by atoms with van der Waals surface area (Å²) in [6.45, 7) is 0. The lowest BCUT2D eigenvalue weighted by molar-refractivity contribution is -0.148. The molecule has 1 rings (SSSR count). The van der Waals surface area contributed by atoms with Crippen molar-refractivity contribution >= 4 is 18.0 Å². The minimum Gasteiger partial charge on any atom is -0.481 e. The zero-order valence-corrected chi connectivity index (χ0v) is 9.24. The Morgan fingerprint density at radius 2 is 1.82 bits per heavy atom. The first-order chi connectivity index (χ1) is 8.09. The lowest BCUT2D eigenvalue weighted by atomic mass is 10.0. The third-order valence-electron chi connectivity index (χ3n) is 2.30. The number of benzene rings is 1. The molecular formula is C13H14O4. The number of carboxylic acid groups (broad SMARTS) is 2. The molecule has 1 aromatic carbocycles. The Morgan fingerprint density at radius 1 is 1.18 bits per heavy atom. The van der Waals surface area contributed by atoms with Gasteiger partial charge in [0, 0.05) is 0 Å². The second-order valence-electron chi connectivity index (χ2n) is 3.68. The van der Waals surface area contributed by atoms with E-state index in [1.807, 2.05) is 30.3 Å². The fourth-order valence-electron chi connectivity index (χ4n) is 1.41. The first-order valence-corrected chi connectivity index (χ1v) is 5.26. The van der Waals surface area contributed by atoms with E-state index in [-0.39, 0.29) is 12.8 Å². The van der Waals surface area contributed by atoms with Gasteiger partial charge in [-0.15, -0.1) is 0 Å². The van der Waals surface area contributed by atoms with Crippen LogP contribution in [0.4, 0.5) is 0 Å². The van der Waals surface area contributed by atoms with Crippen LogP contribution in [0.25, 0.3) is 6.08 Å². The fraction of sp³-hybridized carbons (Fsp3) is 0.231. The van der Waals surface area contributed by atoms with Gasteiger partial charge in [0.15, 0.2) is 0 Å². The van der Waals surface area contributed by atoms with E-state index >= 15 is 0 Å². The molecule has 1 atom stereocenters. The van der Waals surface area contributed by atoms with Gasteiger partial charge in [-0.25, -0.2) is 0 Å². The highest BCUT2D eigenvalue weighted by Gasteiger charge is 2.19. The van der Waals surface area contributed by atoms with E-state index in [0.29, 0.717) is 0 Å². The van der Waals surface area contributed by atoms with Gasteiger partial charge in [0.25, 0.3) is 0 Å². The summed E-state index contributed by atoms with van der Waals surface area (Å²) in [5.74, 6) is -3.04. The van der Waals surface area contributed by atoms with Crippen LogP contribution in [0.1, 0.15) is 18.4 Å². The molecule has 0 spiro atoms. The molecule has 0 aromatic heterocycles. The highest BCUT2D eigenvalue weighted by molar-refractivity contribution is 5.78. The van der Waals surface area contributed by atoms with Crippen LogP contribution in [0.3, 0.4) is 0 Å². The van der Waals surface area contributed by atoms with Crippen LogP contribution in [0.5, 0.6) is 0 Å². The Kier molecular flexibility index (Phi) is 4.94. The molecule has 0 fully saturated rings. The number of hydrogen-bond acceptors (Lipinski definition) is 2. The summed E-state index contributed by atoms with van der Waals surface area (Å²) >= 11 is 0. The molecule has 90 valence electrons. The zero-order valence-electron chi connectivity index (χ0n) is 9.24. The van der Waals surface area contributed by atoms with Gasteiger partial charge < -0.3 is 10.2 Å². The maximum Gasteiger partial charge on any atom is 0.307 e. The molecule has 0 saturated carbocycles. The molecule has 0 amide bonds. The van der Waals surface area contributed by atoms with Crippen molar-refractivity contribution in [3.63, 3.8) is 0 Å². The van der Waals surface area contributed by atoms with Gasteiger partial charge in [0.1, 0.15) is 0 Å². The zero-order chi connectivity index (χ0) is 12.7. The number of hydrogen-bond donors (Lipinski definition) is 2. The summed E-state index contributed by atoms with van der Waals surface area (Å²) in [6, 6.07) is 9.44. The average Bonchev–Trinajstić information content (AvgIpc) is 2.28. The number of carbonyl (C=O) groups is 2. The van der Waals surface area contributed by atoms with Gasteiger partial charge in [-0.2, -0.15) is 0 Å². The fourth-order valence-corrected chi connectivity index (χ4v) is 1.41. The van der Waals surface area contributed by atoms with Crippen LogP contribution >= 0.6 is 0 Å². The number of carboxylic acids is 2. The Labute approximate surface area is 99.2 Å². The molecular weight excluding hydrogens is 220 g/mol. The Morgan fingerprint density at radius 3 is 2.35 bits per heavy atom. The number of allylic oxidation sites excluding steroid dienone is 1. The standard InChI is InChI=1S/C13H14O4/c14-12(15)9-11(13(16)17)8-4-7-10-5-2-1-3-6-10/h1-7,11H,8-9H2,(H,14,15)(H,16,17)/b7-4-/t11-/m1/s1. The smallest absolute Gasteiger partial charge is 0.307 e. The number of rotatable bonds is 6. The molecule has 4 nitrogen and oxygen atoms in total. The van der Waals surface area contributed by atoms with Crippen LogP contribution in [0.2, 0.25) is 0 Å². The summed E-state index contributed by atoms with van der Waals surface area (Å²) < 4.78 is 0. The minimum absolute atomic E-state index is 0.219. The molecule has 0 unspecified atom stereocenters. The third kappa shape index (κ3) is 4.97. The molecule has 2 N–H and O–H groups in total. The topological polar surface area (TPSA) is 74.6 Å². The van der Waals surface area contributed by atoms with Crippen molar-refractivity contribution < 1.29 is 19.8 Å². The molecule has 4 heteroatoms. The van der Waals surface area contributed by atoms with Gasteiger partial charge in [-0.05, 0) is 12.0 Å². The molecule has 1 aromatic rings. The van der Waals surface area contributed by atoms with Crippen molar-refractivity contribution in [2.24, 2.45) is 5.92 Å². The maximum absolute atomic E-state index is 10.8. The first-order valence-electron chi connectivity index (χ1n) is 5.26. The largest absolute Gasteiger partial charge is 0.481 e. The van der Waals surface area contributed by atoms with E-state index in [1.165, 1.54) is 0 Å². The maximum atomic E-state index is 10.8. The van der Waals surface area contributed by atoms with Crippen LogP contribution in [-0.2, 0) is 9.59 Å². The van der Waals surface area contributed by atoms with Crippen LogP contribution in [-0.4, -0.2) is 22.2 Å². The van der Waals surface area contributed by atoms with Crippen molar-refractivity contribution in [2.75, 3.05) is 0 Å². The molecule has 0 aliphatic rings. The average molecular weight is 234 g/mol. The van der Waals surface area contributed by atoms with Gasteiger partial charge in [-0.1, -0.05) is 42.5 Å². The summed E-state index contributed by atoms with van der Waals surface area (Å²) in [5.41, 5.74) is 0.965. The van der Waals surface area contributed by atoms with Gasteiger partial charge >= 0.3 is 11.9 Å². The molecule has 17 heavy (non-hydrogen) atoms. The third-order valence-corrected chi connectivity index (χ3v) is 2.30. The predicted octanol–water partition coefficient (Wildman–Crippen LogP) is 2.27. The molecule has 0 aliphatic carbocycles. The van der Waals surface area contributed by atoms with E-state index in [0.717, 1.165) is 5.56 Å². The predicted molar refractivity (Wildman–Crippen MR) is 63.5 cm³/mol. The highest BCUT2D eigenvalue weighted by atomic mass is 16.4. The Bertz CT molecular complexity index is 409. The SMILES string of the molecule is O=C(O)C[C@@H](C/C=C\c1ccccc1)C(=O)O. The summed E-state index contributed by atoms with van der Waals surface area (Å²) in [6.07, 6.45) is 3.35. The van der Waals surface area contributed by atoms with E-state index in [1.54, 1.807) is 12.2 Å². The van der Waals surface area contributed by atoms with Crippen LogP contribution in [0.15, 0.2) is 36.4 Å². The minimum atomic E-state index is -1.09. The quantitative estimate of drug-likeness (QED) is 0.791. The van der Waals surface area contributed by atoms with Gasteiger partial charge in [0.2, 0.25) is 0 Å². The van der Waals surface area contributed by atoms with Crippen molar-refractivity contribution in [1.82, 2.24) is 0 Å². The lowest BCUT2D eigenvalue weighted by Gasteiger charge is -2.05. The second kappa shape index (κ2) is 6.48. The highest BCUT2D eigenvalue weighted by Crippen LogP contribution is 2.11. The lowest BCUT2D eigenvalue weighted by Crippen LogP contribution is -2.16. The summed E-state index contributed by atoms with van der Waals surface area (Å²) in [5, 5.41) is 17.4. The molecule has 0 aliphatic heterocycles. The number of aliphatic carboxylic acids is 2. The van der Waals surface area contributed by atoms with Crippen LogP contribution < -0.4 is 0 Å². The van der Waals surface area contributed by atoms with Crippen molar-refractivity contribution in [3.05, 3.63) is 42.0 Å². The van der Waals surface area contributed by atoms with Crippen molar-refractivity contribution in [3.8, 4) is 0 Å². The summed E-state index contributed by atoms with van der Waals surface area (Å²) in [4.78, 5) is 21.2. The molecule has 0 heterocycles. The van der Waals surface area contributed by atoms with Gasteiger partial charge in [-0.3, -0.25) is 9.59 Å². The van der Waals surface area contributed by atoms with Gasteiger partial charge in [0.05, 0.1) is 12.3 Å². The first kappa shape index (κ1) is 13.0. The monoisotopic (exact) mass is 234 g/mol.